The van der Waals surface area contributed by atoms with Crippen LogP contribution in [0.3, 0.4) is 0 Å². The third kappa shape index (κ3) is 4.08. The molecular weight excluding hydrogens is 418 g/mol. The van der Waals surface area contributed by atoms with Crippen molar-refractivity contribution in [2.45, 2.75) is 45.4 Å². The second kappa shape index (κ2) is 8.90. The number of hydrogen-bond donors (Lipinski definition) is 2. The molecule has 0 radical (unpaired) electrons. The summed E-state index contributed by atoms with van der Waals surface area (Å²) >= 11 is 0. The molecule has 9 nitrogen and oxygen atoms in total. The number of piperazine rings is 1. The zero-order valence-corrected chi connectivity index (χ0v) is 18.2. The number of nitrogens with zero attached hydrogens (tertiary/aromatic N) is 5. The highest BCUT2D eigenvalue weighted by atomic mass is 16.1. The highest BCUT2D eigenvalue weighted by molar-refractivity contribution is 5.99. The van der Waals surface area contributed by atoms with E-state index in [-0.39, 0.29) is 29.8 Å². The Kier molecular flexibility index (Phi) is 3.98. The molecule has 1 aliphatic carbocycles. The van der Waals surface area contributed by atoms with Crippen molar-refractivity contribution in [3.05, 3.63) is 46.0 Å². The predicted molar refractivity (Wildman–Crippen MR) is 129 cm³/mol. The molecule has 2 fully saturated rings. The van der Waals surface area contributed by atoms with Crippen LogP contribution in [-0.4, -0.2) is 51.5 Å². The molecule has 2 N–H and O–H groups in total. The van der Waals surface area contributed by atoms with Gasteiger partial charge < -0.3 is 15.5 Å². The van der Waals surface area contributed by atoms with Crippen LogP contribution in [0.15, 0.2) is 29.3 Å². The first-order chi connectivity index (χ1) is 18.7. The quantitative estimate of drug-likeness (QED) is 0.567. The molecule has 0 spiro atoms. The number of Topliss-reactive ketones (excluding diaryl/α,β-unsaturated/α-hetero) is 1. The van der Waals surface area contributed by atoms with Crippen molar-refractivity contribution in [1.29, 1.82) is 0 Å². The van der Waals surface area contributed by atoms with Gasteiger partial charge in [0.05, 0.1) is 17.4 Å². The molecule has 0 amide bonds. The van der Waals surface area contributed by atoms with Crippen molar-refractivity contribution >= 4 is 34.3 Å². The Balaban J connectivity index is 1.62. The van der Waals surface area contributed by atoms with Gasteiger partial charge in [0.2, 0.25) is 5.95 Å². The molecule has 1 saturated carbocycles. The lowest BCUT2D eigenvalue weighted by Gasteiger charge is -2.29. The van der Waals surface area contributed by atoms with Gasteiger partial charge in [0, 0.05) is 53.4 Å². The lowest BCUT2D eigenvalue weighted by atomic mass is 10.0. The third-order valence-electron chi connectivity index (χ3n) is 5.94. The Bertz CT molecular complexity index is 1500. The van der Waals surface area contributed by atoms with Crippen LogP contribution in [0, 0.1) is 6.85 Å². The summed E-state index contributed by atoms with van der Waals surface area (Å²) in [4.78, 5) is 41.6. The summed E-state index contributed by atoms with van der Waals surface area (Å²) in [7, 11) is 0. The first kappa shape index (κ1) is 14.7. The SMILES string of the molecule is [2H]C([2H])([2H])c1c(C(C)=O)c(=O)n(C2CC([2H])([2H])C([2H])([2H])C2)c2nc(Nc3ccc(N4CCNCC4)cn3)ncc12. The van der Waals surface area contributed by atoms with E-state index in [2.05, 4.69) is 30.5 Å². The Morgan fingerprint density at radius 1 is 1.21 bits per heavy atom. The second-order valence-electron chi connectivity index (χ2n) is 8.09. The Morgan fingerprint density at radius 2 is 2.00 bits per heavy atom. The van der Waals surface area contributed by atoms with E-state index >= 15 is 0 Å². The molecule has 4 heterocycles. The fourth-order valence-electron chi connectivity index (χ4n) is 4.24. The minimum absolute atomic E-state index is 0.000781. The van der Waals surface area contributed by atoms with Gasteiger partial charge in [0.1, 0.15) is 11.5 Å². The number of carbonyl (C=O) groups is 1. The number of fused-ring (bicyclic) bond motifs is 1. The standard InChI is InChI=1S/C24H29N7O2/c1-15-19-14-27-24(28-20-8-7-18(13-26-20)30-11-9-25-10-12-30)29-22(19)31(17-5-3-4-6-17)23(33)21(15)16(2)32/h7-8,13-14,17,25H,3-6,9-12H2,1-2H3,(H,26,27,28,29)/i1D3,3D2,4D2. The number of carbonyl (C=O) groups excluding carboxylic acids is 1. The number of aromatic nitrogens is 4. The zero-order chi connectivity index (χ0) is 29.0. The van der Waals surface area contributed by atoms with E-state index in [1.54, 1.807) is 12.3 Å². The summed E-state index contributed by atoms with van der Waals surface area (Å²) in [6.07, 6.45) is -2.32. The number of nitrogens with one attached hydrogen (secondary N) is 2. The predicted octanol–water partition coefficient (Wildman–Crippen LogP) is 2.97. The molecule has 0 atom stereocenters. The minimum Gasteiger partial charge on any atom is -0.368 e. The van der Waals surface area contributed by atoms with Gasteiger partial charge >= 0.3 is 0 Å². The number of anilines is 3. The van der Waals surface area contributed by atoms with Crippen molar-refractivity contribution < 1.29 is 14.4 Å². The maximum Gasteiger partial charge on any atom is 0.263 e. The van der Waals surface area contributed by atoms with Gasteiger partial charge in [-0.1, -0.05) is 12.7 Å². The van der Waals surface area contributed by atoms with E-state index in [4.69, 9.17) is 9.60 Å². The van der Waals surface area contributed by atoms with E-state index in [1.165, 1.54) is 6.20 Å². The lowest BCUT2D eigenvalue weighted by Crippen LogP contribution is -2.43. The highest BCUT2D eigenvalue weighted by Crippen LogP contribution is 2.32. The average molecular weight is 455 g/mol. The van der Waals surface area contributed by atoms with Gasteiger partial charge in [-0.2, -0.15) is 4.98 Å². The summed E-state index contributed by atoms with van der Waals surface area (Å²) in [5.41, 5.74) is -1.17. The normalized spacial score (nSPS) is 23.5. The van der Waals surface area contributed by atoms with Crippen LogP contribution in [0.5, 0.6) is 0 Å². The number of aryl methyl sites for hydroxylation is 1. The molecule has 5 rings (SSSR count). The van der Waals surface area contributed by atoms with Gasteiger partial charge in [-0.05, 0) is 44.3 Å². The molecule has 9 heteroatoms. The van der Waals surface area contributed by atoms with Gasteiger partial charge in [0.15, 0.2) is 5.78 Å². The zero-order valence-electron chi connectivity index (χ0n) is 25.2. The molecule has 3 aromatic rings. The lowest BCUT2D eigenvalue weighted by molar-refractivity contribution is 0.101. The van der Waals surface area contributed by atoms with Crippen molar-refractivity contribution in [3.8, 4) is 0 Å². The number of rotatable bonds is 5. The summed E-state index contributed by atoms with van der Waals surface area (Å²) in [6.45, 7) is 1.69. The monoisotopic (exact) mass is 454 g/mol. The van der Waals surface area contributed by atoms with E-state index in [1.807, 2.05) is 6.07 Å². The van der Waals surface area contributed by atoms with Crippen LogP contribution in [0.2, 0.25) is 0 Å². The fraction of sp³-hybridized carbons (Fsp3) is 0.458. The molecule has 0 unspecified atom stereocenters. The topological polar surface area (TPSA) is 105 Å². The first-order valence-electron chi connectivity index (χ1n) is 14.3. The number of hydrogen-bond acceptors (Lipinski definition) is 8. The minimum atomic E-state index is -2.85. The summed E-state index contributed by atoms with van der Waals surface area (Å²) in [6, 6.07) is 2.62. The maximum atomic E-state index is 13.7. The summed E-state index contributed by atoms with van der Waals surface area (Å²) in [5, 5.41) is 6.18. The van der Waals surface area contributed by atoms with Crippen LogP contribution in [-0.2, 0) is 0 Å². The average Bonchev–Trinajstić information content (AvgIpc) is 3.09. The smallest absolute Gasteiger partial charge is 0.263 e. The Hall–Kier alpha value is -3.33. The van der Waals surface area contributed by atoms with E-state index < -0.39 is 48.1 Å². The summed E-state index contributed by atoms with van der Waals surface area (Å²) in [5.74, 6) is -0.372. The van der Waals surface area contributed by atoms with Crippen molar-refractivity contribution in [1.82, 2.24) is 24.8 Å². The molecule has 1 aliphatic heterocycles. The molecule has 33 heavy (non-hydrogen) atoms. The van der Waals surface area contributed by atoms with E-state index in [9.17, 15) is 9.59 Å². The second-order valence-corrected chi connectivity index (χ2v) is 8.09. The Labute approximate surface area is 202 Å². The van der Waals surface area contributed by atoms with Crippen molar-refractivity contribution in [2.24, 2.45) is 0 Å². The van der Waals surface area contributed by atoms with Crippen LogP contribution < -0.4 is 21.1 Å². The van der Waals surface area contributed by atoms with Crippen molar-refractivity contribution in [2.75, 3.05) is 36.4 Å². The first-order valence-corrected chi connectivity index (χ1v) is 10.8. The molecule has 172 valence electrons. The van der Waals surface area contributed by atoms with Gasteiger partial charge in [0.25, 0.3) is 5.56 Å². The van der Waals surface area contributed by atoms with Crippen LogP contribution in [0.1, 0.15) is 64.1 Å². The third-order valence-corrected chi connectivity index (χ3v) is 5.94. The number of pyridine rings is 2. The fourth-order valence-corrected chi connectivity index (χ4v) is 4.24. The van der Waals surface area contributed by atoms with E-state index in [0.29, 0.717) is 5.82 Å². The van der Waals surface area contributed by atoms with Crippen molar-refractivity contribution in [3.63, 3.8) is 0 Å². The largest absolute Gasteiger partial charge is 0.368 e. The molecular formula is C24H29N7O2. The highest BCUT2D eigenvalue weighted by Gasteiger charge is 2.25. The van der Waals surface area contributed by atoms with Gasteiger partial charge in [-0.3, -0.25) is 14.2 Å². The molecule has 3 aromatic heterocycles. The maximum absolute atomic E-state index is 13.7. The molecule has 2 aliphatic rings. The van der Waals surface area contributed by atoms with E-state index in [0.717, 1.165) is 43.4 Å². The van der Waals surface area contributed by atoms with Crippen LogP contribution in [0.25, 0.3) is 11.0 Å². The molecule has 0 aromatic carbocycles. The van der Waals surface area contributed by atoms with Crippen LogP contribution in [0.4, 0.5) is 17.5 Å². The van der Waals surface area contributed by atoms with Gasteiger partial charge in [-0.25, -0.2) is 9.97 Å². The molecule has 1 saturated heterocycles. The van der Waals surface area contributed by atoms with Gasteiger partial charge in [-0.15, -0.1) is 0 Å². The van der Waals surface area contributed by atoms with Crippen LogP contribution >= 0.6 is 0 Å². The summed E-state index contributed by atoms with van der Waals surface area (Å²) < 4.78 is 57.9. The Morgan fingerprint density at radius 3 is 2.67 bits per heavy atom. The number of ketones is 1. The molecule has 0 bridgehead atoms.